The minimum absolute atomic E-state index is 0.0237. The van der Waals surface area contributed by atoms with E-state index >= 15 is 0 Å². The molecule has 20 heavy (non-hydrogen) atoms. The Morgan fingerprint density at radius 2 is 2.05 bits per heavy atom. The summed E-state index contributed by atoms with van der Waals surface area (Å²) in [5.41, 5.74) is 2.74. The van der Waals surface area contributed by atoms with Crippen molar-refractivity contribution >= 4 is 39.2 Å². The third kappa shape index (κ3) is 2.31. The third-order valence-corrected chi connectivity index (χ3v) is 4.19. The summed E-state index contributed by atoms with van der Waals surface area (Å²) in [6.45, 7) is 2.05. The van der Waals surface area contributed by atoms with Gasteiger partial charge in [0, 0.05) is 4.47 Å². The Morgan fingerprint density at radius 3 is 2.80 bits per heavy atom. The lowest BCUT2D eigenvalue weighted by Gasteiger charge is -2.15. The van der Waals surface area contributed by atoms with Crippen LogP contribution in [0.1, 0.15) is 18.5 Å². The average molecular weight is 351 g/mol. The van der Waals surface area contributed by atoms with Gasteiger partial charge >= 0.3 is 0 Å². The molecule has 0 amide bonds. The molecule has 0 aliphatic rings. The number of aromatic nitrogens is 2. The smallest absolute Gasteiger partial charge is 0.178 e. The first-order valence-corrected chi connectivity index (χ1v) is 7.41. The highest BCUT2D eigenvalue weighted by Crippen LogP contribution is 2.26. The summed E-state index contributed by atoms with van der Waals surface area (Å²) in [4.78, 5) is 3.12. The van der Waals surface area contributed by atoms with Gasteiger partial charge in [0.25, 0.3) is 0 Å². The molecular weight excluding hydrogens is 339 g/mol. The molecule has 1 N–H and O–H groups in total. The van der Waals surface area contributed by atoms with Crippen LogP contribution < -0.4 is 0 Å². The molecule has 0 saturated heterocycles. The summed E-state index contributed by atoms with van der Waals surface area (Å²) in [5, 5.41) is 0. The van der Waals surface area contributed by atoms with Gasteiger partial charge in [-0.25, -0.2) is 4.39 Å². The van der Waals surface area contributed by atoms with Crippen molar-refractivity contribution in [3.05, 3.63) is 63.1 Å². The van der Waals surface area contributed by atoms with E-state index in [9.17, 15) is 4.39 Å². The number of H-pyrrole nitrogens is 1. The van der Waals surface area contributed by atoms with Crippen LogP contribution in [0.25, 0.3) is 11.0 Å². The number of hydrogen-bond acceptors (Lipinski definition) is 1. The topological polar surface area (TPSA) is 20.7 Å². The van der Waals surface area contributed by atoms with Gasteiger partial charge < -0.3 is 9.55 Å². The van der Waals surface area contributed by atoms with E-state index in [-0.39, 0.29) is 11.9 Å². The highest BCUT2D eigenvalue weighted by molar-refractivity contribution is 9.10. The number of halogens is 2. The van der Waals surface area contributed by atoms with Crippen molar-refractivity contribution in [1.82, 2.24) is 9.55 Å². The predicted octanol–water partition coefficient (Wildman–Crippen LogP) is 5.21. The molecule has 0 bridgehead atoms. The molecule has 5 heteroatoms. The van der Waals surface area contributed by atoms with Crippen LogP contribution in [0.2, 0.25) is 0 Å². The molecular formula is C15H12BrFN2S. The van der Waals surface area contributed by atoms with Gasteiger partial charge in [-0.2, -0.15) is 0 Å². The largest absolute Gasteiger partial charge is 0.331 e. The fourth-order valence-corrected chi connectivity index (χ4v) is 3.18. The first-order valence-electron chi connectivity index (χ1n) is 6.21. The highest BCUT2D eigenvalue weighted by atomic mass is 79.9. The summed E-state index contributed by atoms with van der Waals surface area (Å²) in [7, 11) is 0. The van der Waals surface area contributed by atoms with Gasteiger partial charge in [0.2, 0.25) is 0 Å². The van der Waals surface area contributed by atoms with E-state index in [1.807, 2.05) is 28.8 Å². The Hall–Kier alpha value is -1.46. The summed E-state index contributed by atoms with van der Waals surface area (Å²) in [5.74, 6) is -0.262. The average Bonchev–Trinajstić information content (AvgIpc) is 2.73. The van der Waals surface area contributed by atoms with E-state index < -0.39 is 0 Å². The molecule has 2 aromatic carbocycles. The fraction of sp³-hybridized carbons (Fsp3) is 0.133. The third-order valence-electron chi connectivity index (χ3n) is 3.40. The van der Waals surface area contributed by atoms with Crippen LogP contribution in [0.5, 0.6) is 0 Å². The number of benzene rings is 2. The zero-order chi connectivity index (χ0) is 14.3. The molecule has 0 saturated carbocycles. The van der Waals surface area contributed by atoms with Gasteiger partial charge in [0.1, 0.15) is 5.82 Å². The second kappa shape index (κ2) is 5.14. The quantitative estimate of drug-likeness (QED) is 0.629. The van der Waals surface area contributed by atoms with Crippen LogP contribution in [0, 0.1) is 10.6 Å². The second-order valence-electron chi connectivity index (χ2n) is 4.69. The minimum atomic E-state index is -0.262. The standard InChI is InChI=1S/C15H12BrFN2S/c1-9(10-3-2-4-11(16)7-10)19-14-8-12(17)5-6-13(14)18-15(19)20/h2-9H,1H3,(H,18,20). The Balaban J connectivity index is 2.21. The number of rotatable bonds is 2. The molecule has 0 fully saturated rings. The van der Waals surface area contributed by atoms with E-state index in [0.29, 0.717) is 4.77 Å². The summed E-state index contributed by atoms with van der Waals surface area (Å²) in [6.07, 6.45) is 0. The first-order chi connectivity index (χ1) is 9.56. The van der Waals surface area contributed by atoms with Crippen molar-refractivity contribution in [2.24, 2.45) is 0 Å². The zero-order valence-corrected chi connectivity index (χ0v) is 13.1. The van der Waals surface area contributed by atoms with Gasteiger partial charge in [-0.3, -0.25) is 0 Å². The molecule has 0 aliphatic heterocycles. The maximum atomic E-state index is 13.5. The monoisotopic (exact) mass is 350 g/mol. The van der Waals surface area contributed by atoms with E-state index in [2.05, 4.69) is 27.8 Å². The molecule has 1 unspecified atom stereocenters. The summed E-state index contributed by atoms with van der Waals surface area (Å²) < 4.78 is 17.0. The van der Waals surface area contributed by atoms with Crippen LogP contribution in [0.15, 0.2) is 46.9 Å². The van der Waals surface area contributed by atoms with E-state index in [1.165, 1.54) is 12.1 Å². The fourth-order valence-electron chi connectivity index (χ4n) is 2.39. The molecule has 2 nitrogen and oxygen atoms in total. The van der Waals surface area contributed by atoms with Crippen molar-refractivity contribution in [2.45, 2.75) is 13.0 Å². The van der Waals surface area contributed by atoms with Gasteiger partial charge in [-0.15, -0.1) is 0 Å². The number of fused-ring (bicyclic) bond motifs is 1. The maximum Gasteiger partial charge on any atom is 0.178 e. The molecule has 3 aromatic rings. The Morgan fingerprint density at radius 1 is 1.25 bits per heavy atom. The van der Waals surface area contributed by atoms with Crippen molar-refractivity contribution in [2.75, 3.05) is 0 Å². The Kier molecular flexibility index (Phi) is 3.48. The SMILES string of the molecule is CC(c1cccc(Br)c1)n1c(=S)[nH]c2ccc(F)cc21. The minimum Gasteiger partial charge on any atom is -0.331 e. The molecule has 0 radical (unpaired) electrons. The van der Waals surface area contributed by atoms with Crippen LogP contribution in [0.3, 0.4) is 0 Å². The van der Waals surface area contributed by atoms with Gasteiger partial charge in [-0.05, 0) is 55.0 Å². The highest BCUT2D eigenvalue weighted by Gasteiger charge is 2.13. The van der Waals surface area contributed by atoms with E-state index in [4.69, 9.17) is 12.2 Å². The van der Waals surface area contributed by atoms with Crippen molar-refractivity contribution in [3.8, 4) is 0 Å². The lowest BCUT2D eigenvalue weighted by atomic mass is 10.1. The maximum absolute atomic E-state index is 13.5. The number of imidazole rings is 1. The molecule has 3 rings (SSSR count). The summed E-state index contributed by atoms with van der Waals surface area (Å²) >= 11 is 8.85. The molecule has 102 valence electrons. The predicted molar refractivity (Wildman–Crippen MR) is 85.0 cm³/mol. The lowest BCUT2D eigenvalue weighted by Crippen LogP contribution is -2.06. The van der Waals surface area contributed by atoms with Gasteiger partial charge in [0.05, 0.1) is 17.1 Å². The number of aromatic amines is 1. The number of nitrogens with one attached hydrogen (secondary N) is 1. The molecule has 1 heterocycles. The van der Waals surface area contributed by atoms with Crippen molar-refractivity contribution in [3.63, 3.8) is 0 Å². The van der Waals surface area contributed by atoms with Crippen LogP contribution in [-0.4, -0.2) is 9.55 Å². The Bertz CT molecular complexity index is 837. The lowest BCUT2D eigenvalue weighted by molar-refractivity contribution is 0.622. The van der Waals surface area contributed by atoms with Crippen LogP contribution in [0.4, 0.5) is 4.39 Å². The first kappa shape index (κ1) is 13.5. The molecule has 0 spiro atoms. The van der Waals surface area contributed by atoms with E-state index in [0.717, 1.165) is 21.1 Å². The Labute approximate surface area is 129 Å². The molecule has 1 atom stereocenters. The number of hydrogen-bond donors (Lipinski definition) is 1. The second-order valence-corrected chi connectivity index (χ2v) is 5.99. The van der Waals surface area contributed by atoms with Gasteiger partial charge in [-0.1, -0.05) is 28.1 Å². The normalized spacial score (nSPS) is 12.8. The van der Waals surface area contributed by atoms with Crippen LogP contribution in [-0.2, 0) is 0 Å². The van der Waals surface area contributed by atoms with Gasteiger partial charge in [0.15, 0.2) is 4.77 Å². The molecule has 1 aromatic heterocycles. The van der Waals surface area contributed by atoms with E-state index in [1.54, 1.807) is 6.07 Å². The zero-order valence-electron chi connectivity index (χ0n) is 10.7. The van der Waals surface area contributed by atoms with Crippen LogP contribution >= 0.6 is 28.1 Å². The molecule has 0 aliphatic carbocycles. The summed E-state index contributed by atoms with van der Waals surface area (Å²) in [6, 6.07) is 12.7. The number of nitrogens with zero attached hydrogens (tertiary/aromatic N) is 1. The van der Waals surface area contributed by atoms with Crippen molar-refractivity contribution < 1.29 is 4.39 Å². The van der Waals surface area contributed by atoms with Crippen molar-refractivity contribution in [1.29, 1.82) is 0 Å².